The summed E-state index contributed by atoms with van der Waals surface area (Å²) < 4.78 is 3.59. The van der Waals surface area contributed by atoms with E-state index in [1.807, 2.05) is 42.2 Å². The van der Waals surface area contributed by atoms with E-state index < -0.39 is 0 Å². The van der Waals surface area contributed by atoms with E-state index in [9.17, 15) is 4.79 Å². The molecule has 0 radical (unpaired) electrons. The van der Waals surface area contributed by atoms with E-state index in [0.717, 1.165) is 27.9 Å². The number of benzene rings is 1. The van der Waals surface area contributed by atoms with Crippen molar-refractivity contribution in [1.82, 2.24) is 29.3 Å². The van der Waals surface area contributed by atoms with Crippen LogP contribution in [0.3, 0.4) is 0 Å². The number of hydrogen-bond donors (Lipinski definition) is 0. The maximum atomic E-state index is 11.2. The molecule has 0 N–H and O–H groups in total. The number of carbonyl (C=O) groups is 1. The highest BCUT2D eigenvalue weighted by molar-refractivity contribution is 5.75. The Labute approximate surface area is 156 Å². The topological polar surface area (TPSA) is 78.5 Å². The number of aromatic nitrogens is 6. The van der Waals surface area contributed by atoms with E-state index in [2.05, 4.69) is 26.1 Å². The molecule has 4 rings (SSSR count). The van der Waals surface area contributed by atoms with Crippen molar-refractivity contribution in [2.75, 3.05) is 0 Å². The number of ketones is 1. The average Bonchev–Trinajstić information content (AvgIpc) is 3.30. The van der Waals surface area contributed by atoms with Gasteiger partial charge in [-0.3, -0.25) is 9.48 Å². The summed E-state index contributed by atoms with van der Waals surface area (Å²) in [6.07, 6.45) is 10.7. The van der Waals surface area contributed by atoms with Crippen LogP contribution in [0.4, 0.5) is 0 Å². The van der Waals surface area contributed by atoms with Gasteiger partial charge in [0, 0.05) is 47.9 Å². The Morgan fingerprint density at radius 3 is 2.48 bits per heavy atom. The molecule has 0 spiro atoms. The Morgan fingerprint density at radius 2 is 1.78 bits per heavy atom. The molecule has 0 unspecified atom stereocenters. The molecule has 3 aromatic heterocycles. The van der Waals surface area contributed by atoms with Gasteiger partial charge in [0.25, 0.3) is 0 Å². The molecule has 0 aliphatic rings. The monoisotopic (exact) mass is 358 g/mol. The summed E-state index contributed by atoms with van der Waals surface area (Å²) in [4.78, 5) is 24.4. The number of aryl methyl sites for hydroxylation is 1. The van der Waals surface area contributed by atoms with Gasteiger partial charge in [-0.25, -0.2) is 15.0 Å². The van der Waals surface area contributed by atoms with E-state index in [4.69, 9.17) is 0 Å². The molecule has 0 fully saturated rings. The van der Waals surface area contributed by atoms with Crippen molar-refractivity contribution in [3.8, 4) is 33.8 Å². The fourth-order valence-corrected chi connectivity index (χ4v) is 2.91. The van der Waals surface area contributed by atoms with E-state index in [1.165, 1.54) is 0 Å². The van der Waals surface area contributed by atoms with Crippen LogP contribution in [0.2, 0.25) is 0 Å². The van der Waals surface area contributed by atoms with Crippen LogP contribution in [0.25, 0.3) is 33.8 Å². The lowest BCUT2D eigenvalue weighted by molar-refractivity contribution is -0.117. The second kappa shape index (κ2) is 6.95. The lowest BCUT2D eigenvalue weighted by atomic mass is 10.1. The smallest absolute Gasteiger partial charge is 0.159 e. The highest BCUT2D eigenvalue weighted by Gasteiger charge is 2.08. The molecule has 0 amide bonds. The molecule has 1 aromatic carbocycles. The first-order valence-electron chi connectivity index (χ1n) is 8.51. The van der Waals surface area contributed by atoms with Crippen LogP contribution in [0.5, 0.6) is 0 Å². The molecular formula is C20H18N6O. The number of nitrogens with zero attached hydrogens (tertiary/aromatic N) is 6. The third-order valence-electron chi connectivity index (χ3n) is 4.24. The molecule has 0 aliphatic heterocycles. The fourth-order valence-electron chi connectivity index (χ4n) is 2.91. The Balaban J connectivity index is 1.60. The summed E-state index contributed by atoms with van der Waals surface area (Å²) in [6, 6.07) is 8.07. The van der Waals surface area contributed by atoms with Crippen LogP contribution < -0.4 is 0 Å². The summed E-state index contributed by atoms with van der Waals surface area (Å²) in [5, 5.41) is 4.19. The zero-order chi connectivity index (χ0) is 18.8. The van der Waals surface area contributed by atoms with Crippen molar-refractivity contribution in [2.45, 2.75) is 13.5 Å². The normalized spacial score (nSPS) is 10.9. The minimum Gasteiger partial charge on any atom is -0.334 e. The first-order valence-corrected chi connectivity index (χ1v) is 8.51. The van der Waals surface area contributed by atoms with Gasteiger partial charge in [-0.05, 0) is 13.0 Å². The van der Waals surface area contributed by atoms with Crippen LogP contribution in [-0.4, -0.2) is 35.1 Å². The van der Waals surface area contributed by atoms with Crippen molar-refractivity contribution < 1.29 is 4.79 Å². The SMILES string of the molecule is CC(=O)Cn1cc(-c2cnc(-c3cccc(-c4cncn4C)c3)nc2)cn1. The van der Waals surface area contributed by atoms with Crippen LogP contribution >= 0.6 is 0 Å². The minimum absolute atomic E-state index is 0.0598. The highest BCUT2D eigenvalue weighted by atomic mass is 16.1. The van der Waals surface area contributed by atoms with Crippen LogP contribution in [0, 0.1) is 0 Å². The molecule has 27 heavy (non-hydrogen) atoms. The molecule has 7 heteroatoms. The van der Waals surface area contributed by atoms with Gasteiger partial charge >= 0.3 is 0 Å². The van der Waals surface area contributed by atoms with Gasteiger partial charge in [0.15, 0.2) is 11.6 Å². The van der Waals surface area contributed by atoms with Crippen molar-refractivity contribution in [2.24, 2.45) is 7.05 Å². The molecule has 0 saturated carbocycles. The summed E-state index contributed by atoms with van der Waals surface area (Å²) in [7, 11) is 1.96. The maximum absolute atomic E-state index is 11.2. The molecule has 4 aromatic rings. The lowest BCUT2D eigenvalue weighted by Gasteiger charge is -2.06. The molecule has 0 atom stereocenters. The van der Waals surface area contributed by atoms with Gasteiger partial charge in [0.05, 0.1) is 31.0 Å². The van der Waals surface area contributed by atoms with E-state index in [1.54, 1.807) is 36.5 Å². The zero-order valence-electron chi connectivity index (χ0n) is 15.1. The number of imidazole rings is 1. The molecule has 0 aliphatic carbocycles. The first-order chi connectivity index (χ1) is 13.1. The fraction of sp³-hybridized carbons (Fsp3) is 0.150. The first kappa shape index (κ1) is 16.8. The maximum Gasteiger partial charge on any atom is 0.159 e. The Hall–Kier alpha value is -3.61. The number of Topliss-reactive ketones (excluding diaryl/α,β-unsaturated/α-hetero) is 1. The van der Waals surface area contributed by atoms with Gasteiger partial charge in [-0.1, -0.05) is 18.2 Å². The van der Waals surface area contributed by atoms with Gasteiger partial charge in [-0.15, -0.1) is 0 Å². The third kappa shape index (κ3) is 3.52. The Morgan fingerprint density at radius 1 is 1.00 bits per heavy atom. The van der Waals surface area contributed by atoms with E-state index in [0.29, 0.717) is 5.82 Å². The Kier molecular flexibility index (Phi) is 4.33. The second-order valence-electron chi connectivity index (χ2n) is 6.39. The minimum atomic E-state index is 0.0598. The average molecular weight is 358 g/mol. The van der Waals surface area contributed by atoms with Gasteiger partial charge in [0.1, 0.15) is 0 Å². The molecule has 0 saturated heterocycles. The van der Waals surface area contributed by atoms with Crippen molar-refractivity contribution in [3.63, 3.8) is 0 Å². The highest BCUT2D eigenvalue weighted by Crippen LogP contribution is 2.25. The van der Waals surface area contributed by atoms with Crippen LogP contribution in [0.1, 0.15) is 6.92 Å². The largest absolute Gasteiger partial charge is 0.334 e. The summed E-state index contributed by atoms with van der Waals surface area (Å²) in [6.45, 7) is 1.80. The number of carbonyl (C=O) groups excluding carboxylic acids is 1. The van der Waals surface area contributed by atoms with Gasteiger partial charge in [0.2, 0.25) is 0 Å². The third-order valence-corrected chi connectivity index (χ3v) is 4.24. The predicted molar refractivity (Wildman–Crippen MR) is 102 cm³/mol. The summed E-state index contributed by atoms with van der Waals surface area (Å²) >= 11 is 0. The van der Waals surface area contributed by atoms with Crippen molar-refractivity contribution in [1.29, 1.82) is 0 Å². The summed E-state index contributed by atoms with van der Waals surface area (Å²) in [5.74, 6) is 0.712. The molecule has 7 nitrogen and oxygen atoms in total. The van der Waals surface area contributed by atoms with Crippen LogP contribution in [-0.2, 0) is 18.4 Å². The standard InChI is InChI=1S/C20H18N6O/c1-14(27)11-26-12-18(9-24-26)17-7-22-20(23-8-17)16-5-3-4-15(6-16)19-10-21-13-25(19)2/h3-10,12-13H,11H2,1-2H3. The van der Waals surface area contributed by atoms with Gasteiger partial charge < -0.3 is 4.57 Å². The summed E-state index contributed by atoms with van der Waals surface area (Å²) in [5.41, 5.74) is 4.77. The molecular weight excluding hydrogens is 340 g/mol. The van der Waals surface area contributed by atoms with E-state index in [-0.39, 0.29) is 12.3 Å². The lowest BCUT2D eigenvalue weighted by Crippen LogP contribution is -2.05. The zero-order valence-corrected chi connectivity index (χ0v) is 15.1. The molecule has 0 bridgehead atoms. The predicted octanol–water partition coefficient (Wildman–Crippen LogP) is 3.00. The number of hydrogen-bond acceptors (Lipinski definition) is 5. The number of rotatable bonds is 5. The molecule has 3 heterocycles. The van der Waals surface area contributed by atoms with Crippen molar-refractivity contribution >= 4 is 5.78 Å². The Bertz CT molecular complexity index is 1090. The van der Waals surface area contributed by atoms with Crippen molar-refractivity contribution in [3.05, 3.63) is 61.6 Å². The van der Waals surface area contributed by atoms with Crippen LogP contribution in [0.15, 0.2) is 61.6 Å². The molecule has 134 valence electrons. The van der Waals surface area contributed by atoms with Gasteiger partial charge in [-0.2, -0.15) is 5.10 Å². The van der Waals surface area contributed by atoms with E-state index >= 15 is 0 Å². The quantitative estimate of drug-likeness (QED) is 0.548. The second-order valence-corrected chi connectivity index (χ2v) is 6.39.